The van der Waals surface area contributed by atoms with Crippen molar-refractivity contribution in [2.24, 2.45) is 5.73 Å². The van der Waals surface area contributed by atoms with Crippen LogP contribution in [-0.4, -0.2) is 7.11 Å². The van der Waals surface area contributed by atoms with E-state index >= 15 is 0 Å². The summed E-state index contributed by atoms with van der Waals surface area (Å²) in [6, 6.07) is 7.47. The molecular weight excluding hydrogens is 272 g/mol. The van der Waals surface area contributed by atoms with E-state index in [4.69, 9.17) is 22.1 Å². The third kappa shape index (κ3) is 2.69. The fourth-order valence-electron chi connectivity index (χ4n) is 1.85. The van der Waals surface area contributed by atoms with Crippen LogP contribution in [0.5, 0.6) is 5.75 Å². The van der Waals surface area contributed by atoms with Gasteiger partial charge in [-0.25, -0.2) is 8.78 Å². The highest BCUT2D eigenvalue weighted by molar-refractivity contribution is 6.31. The van der Waals surface area contributed by atoms with Crippen molar-refractivity contribution in [1.29, 1.82) is 0 Å². The van der Waals surface area contributed by atoms with Gasteiger partial charge < -0.3 is 10.5 Å². The number of hydrogen-bond acceptors (Lipinski definition) is 2. The number of nitrogens with two attached hydrogens (primary N) is 1. The van der Waals surface area contributed by atoms with Crippen molar-refractivity contribution in [1.82, 2.24) is 0 Å². The minimum absolute atomic E-state index is 0.0771. The van der Waals surface area contributed by atoms with Crippen LogP contribution in [-0.2, 0) is 0 Å². The molecule has 0 spiro atoms. The van der Waals surface area contributed by atoms with E-state index in [1.165, 1.54) is 37.4 Å². The Morgan fingerprint density at radius 1 is 1.16 bits per heavy atom. The number of halogens is 3. The van der Waals surface area contributed by atoms with Crippen molar-refractivity contribution in [3.05, 3.63) is 64.2 Å². The Kier molecular flexibility index (Phi) is 4.02. The molecule has 1 atom stereocenters. The van der Waals surface area contributed by atoms with Crippen LogP contribution in [0, 0.1) is 11.6 Å². The number of ether oxygens (including phenoxy) is 1. The Bertz CT molecular complexity index is 584. The summed E-state index contributed by atoms with van der Waals surface area (Å²) in [6.07, 6.45) is 0. The second kappa shape index (κ2) is 5.55. The van der Waals surface area contributed by atoms with E-state index in [1.807, 2.05) is 0 Å². The van der Waals surface area contributed by atoms with Crippen molar-refractivity contribution < 1.29 is 13.5 Å². The molecule has 0 aromatic heterocycles. The Morgan fingerprint density at radius 3 is 2.47 bits per heavy atom. The van der Waals surface area contributed by atoms with E-state index in [0.717, 1.165) is 0 Å². The molecular formula is C14H12ClF2NO. The zero-order valence-corrected chi connectivity index (χ0v) is 10.9. The Hall–Kier alpha value is -1.65. The Morgan fingerprint density at radius 2 is 1.89 bits per heavy atom. The molecule has 2 nitrogen and oxygen atoms in total. The first-order valence-electron chi connectivity index (χ1n) is 5.57. The quantitative estimate of drug-likeness (QED) is 0.933. The molecule has 2 N–H and O–H groups in total. The van der Waals surface area contributed by atoms with Gasteiger partial charge in [-0.1, -0.05) is 23.7 Å². The van der Waals surface area contributed by atoms with Crippen LogP contribution in [0.25, 0.3) is 0 Å². The number of hydrogen-bond donors (Lipinski definition) is 1. The average molecular weight is 284 g/mol. The lowest BCUT2D eigenvalue weighted by Crippen LogP contribution is -2.16. The summed E-state index contributed by atoms with van der Waals surface area (Å²) in [5.41, 5.74) is 6.14. The fourth-order valence-corrected chi connectivity index (χ4v) is 2.13. The molecule has 0 saturated carbocycles. The number of rotatable bonds is 3. The van der Waals surface area contributed by atoms with Crippen LogP contribution >= 0.6 is 11.6 Å². The topological polar surface area (TPSA) is 35.2 Å². The molecule has 2 aromatic carbocycles. The first-order chi connectivity index (χ1) is 9.04. The summed E-state index contributed by atoms with van der Waals surface area (Å²) >= 11 is 5.92. The molecule has 5 heteroatoms. The van der Waals surface area contributed by atoms with Crippen LogP contribution < -0.4 is 10.5 Å². The predicted molar refractivity (Wildman–Crippen MR) is 70.4 cm³/mol. The molecule has 0 saturated heterocycles. The van der Waals surface area contributed by atoms with Gasteiger partial charge >= 0.3 is 0 Å². The summed E-state index contributed by atoms with van der Waals surface area (Å²) in [5, 5.41) is 0.169. The molecule has 0 aliphatic carbocycles. The highest BCUT2D eigenvalue weighted by atomic mass is 35.5. The first kappa shape index (κ1) is 13.8. The average Bonchev–Trinajstić information content (AvgIpc) is 2.38. The van der Waals surface area contributed by atoms with Gasteiger partial charge in [-0.2, -0.15) is 0 Å². The van der Waals surface area contributed by atoms with Crippen molar-refractivity contribution in [3.8, 4) is 5.75 Å². The van der Waals surface area contributed by atoms with Gasteiger partial charge in [0.05, 0.1) is 13.2 Å². The van der Waals surface area contributed by atoms with Gasteiger partial charge in [0.25, 0.3) is 0 Å². The van der Waals surface area contributed by atoms with Crippen molar-refractivity contribution in [3.63, 3.8) is 0 Å². The van der Waals surface area contributed by atoms with Crippen LogP contribution in [0.3, 0.4) is 0 Å². The maximum absolute atomic E-state index is 13.9. The molecule has 19 heavy (non-hydrogen) atoms. The van der Waals surface area contributed by atoms with Crippen LogP contribution in [0.1, 0.15) is 17.2 Å². The lowest BCUT2D eigenvalue weighted by Gasteiger charge is -2.16. The number of methoxy groups -OCH3 is 1. The van der Waals surface area contributed by atoms with E-state index in [1.54, 1.807) is 6.07 Å². The molecule has 0 aliphatic rings. The molecule has 100 valence electrons. The highest BCUT2D eigenvalue weighted by Gasteiger charge is 2.20. The van der Waals surface area contributed by atoms with E-state index in [-0.39, 0.29) is 16.1 Å². The smallest absolute Gasteiger partial charge is 0.132 e. The maximum Gasteiger partial charge on any atom is 0.132 e. The van der Waals surface area contributed by atoms with Crippen molar-refractivity contribution in [2.45, 2.75) is 6.04 Å². The summed E-state index contributed by atoms with van der Waals surface area (Å²) in [7, 11) is 1.43. The lowest BCUT2D eigenvalue weighted by molar-refractivity contribution is 0.410. The SMILES string of the molecule is COc1ccc(C(N)c2c(F)cccc2Cl)c(F)c1. The molecule has 0 fully saturated rings. The van der Waals surface area contributed by atoms with Gasteiger partial charge in [-0.05, 0) is 18.2 Å². The minimum Gasteiger partial charge on any atom is -0.497 e. The molecule has 0 aliphatic heterocycles. The third-order valence-corrected chi connectivity index (χ3v) is 3.18. The Labute approximate surface area is 114 Å². The lowest BCUT2D eigenvalue weighted by atomic mass is 9.98. The third-order valence-electron chi connectivity index (χ3n) is 2.85. The van der Waals surface area contributed by atoms with E-state index in [9.17, 15) is 8.78 Å². The molecule has 0 bridgehead atoms. The highest BCUT2D eigenvalue weighted by Crippen LogP contribution is 2.31. The second-order valence-corrected chi connectivity index (χ2v) is 4.41. The van der Waals surface area contributed by atoms with Gasteiger partial charge in [-0.3, -0.25) is 0 Å². The van der Waals surface area contributed by atoms with Crippen molar-refractivity contribution in [2.75, 3.05) is 7.11 Å². The number of benzene rings is 2. The van der Waals surface area contributed by atoms with Gasteiger partial charge in [0.2, 0.25) is 0 Å². The Balaban J connectivity index is 2.47. The van der Waals surface area contributed by atoms with Gasteiger partial charge in [0.15, 0.2) is 0 Å². The van der Waals surface area contributed by atoms with E-state index in [2.05, 4.69) is 0 Å². The summed E-state index contributed by atoms with van der Waals surface area (Å²) in [6.45, 7) is 0. The van der Waals surface area contributed by atoms with Crippen molar-refractivity contribution >= 4 is 11.6 Å². The molecule has 2 rings (SSSR count). The molecule has 0 amide bonds. The zero-order chi connectivity index (χ0) is 14.0. The molecule has 0 radical (unpaired) electrons. The van der Waals surface area contributed by atoms with Crippen LogP contribution in [0.2, 0.25) is 5.02 Å². The van der Waals surface area contributed by atoms with Crippen LogP contribution in [0.15, 0.2) is 36.4 Å². The van der Waals surface area contributed by atoms with E-state index < -0.39 is 17.7 Å². The standard InChI is InChI=1S/C14H12ClF2NO/c1-19-8-5-6-9(12(17)7-8)14(18)13-10(15)3-2-4-11(13)16/h2-7,14H,18H2,1H3. The van der Waals surface area contributed by atoms with E-state index in [0.29, 0.717) is 5.75 Å². The molecule has 2 aromatic rings. The predicted octanol–water partition coefficient (Wildman–Crippen LogP) is 3.67. The zero-order valence-electron chi connectivity index (χ0n) is 10.2. The van der Waals surface area contributed by atoms with Gasteiger partial charge in [-0.15, -0.1) is 0 Å². The summed E-state index contributed by atoms with van der Waals surface area (Å²) < 4.78 is 32.6. The molecule has 0 heterocycles. The minimum atomic E-state index is -0.973. The first-order valence-corrected chi connectivity index (χ1v) is 5.95. The normalized spacial score (nSPS) is 12.3. The van der Waals surface area contributed by atoms with Crippen LogP contribution in [0.4, 0.5) is 8.78 Å². The van der Waals surface area contributed by atoms with Gasteiger partial charge in [0, 0.05) is 22.2 Å². The monoisotopic (exact) mass is 283 g/mol. The molecule has 1 unspecified atom stereocenters. The summed E-state index contributed by atoms with van der Waals surface area (Å²) in [5.74, 6) is -0.755. The van der Waals surface area contributed by atoms with Gasteiger partial charge in [0.1, 0.15) is 17.4 Å². The fraction of sp³-hybridized carbons (Fsp3) is 0.143. The second-order valence-electron chi connectivity index (χ2n) is 4.00. The largest absolute Gasteiger partial charge is 0.497 e. The maximum atomic E-state index is 13.9. The summed E-state index contributed by atoms with van der Waals surface area (Å²) in [4.78, 5) is 0.